The quantitative estimate of drug-likeness (QED) is 0.314. The van der Waals surface area contributed by atoms with Gasteiger partial charge < -0.3 is 16.8 Å². The Bertz CT molecular complexity index is 1390. The largest absolute Gasteiger partial charge is 0.382 e. The van der Waals surface area contributed by atoms with Gasteiger partial charge in [-0.3, -0.25) is 9.89 Å². The lowest BCUT2D eigenvalue weighted by Crippen LogP contribution is -2.28. The van der Waals surface area contributed by atoms with Gasteiger partial charge in [-0.05, 0) is 35.0 Å². The first kappa shape index (κ1) is 21.3. The maximum atomic E-state index is 13.9. The number of rotatable bonds is 4. The van der Waals surface area contributed by atoms with Gasteiger partial charge in [0.15, 0.2) is 11.6 Å². The van der Waals surface area contributed by atoms with Crippen LogP contribution >= 0.6 is 39.1 Å². The summed E-state index contributed by atoms with van der Waals surface area (Å²) in [6.07, 6.45) is 1.54. The van der Waals surface area contributed by atoms with Crippen molar-refractivity contribution in [3.05, 3.63) is 54.8 Å². The standard InChI is InChI=1S/C17H13BrCl2FN9O/c1-5(25-13-10(20)12(22)27-17(23)28-13)14-26-11-7(2-6(21)3-9(11)19)16(31)30(14)15-8(18)4-24-29-15/h2-5H,1H3,(H,24,29)(H5,22,23,25,27,28). The van der Waals surface area contributed by atoms with E-state index in [1.807, 2.05) is 0 Å². The molecule has 3 aromatic heterocycles. The van der Waals surface area contributed by atoms with Gasteiger partial charge in [0.25, 0.3) is 5.56 Å². The zero-order valence-corrected chi connectivity index (χ0v) is 18.7. The molecule has 0 saturated carbocycles. The number of aromatic amines is 1. The normalized spacial score (nSPS) is 12.3. The number of hydrogen-bond acceptors (Lipinski definition) is 8. The summed E-state index contributed by atoms with van der Waals surface area (Å²) in [5, 5.41) is 9.80. The molecule has 0 aliphatic rings. The Morgan fingerprint density at radius 3 is 2.68 bits per heavy atom. The second-order valence-electron chi connectivity index (χ2n) is 6.45. The Kier molecular flexibility index (Phi) is 5.45. The van der Waals surface area contributed by atoms with Gasteiger partial charge in [0.1, 0.15) is 22.5 Å². The molecule has 0 bridgehead atoms. The Balaban J connectivity index is 1.96. The van der Waals surface area contributed by atoms with Crippen LogP contribution in [0.4, 0.5) is 22.0 Å². The molecule has 0 radical (unpaired) electrons. The Morgan fingerprint density at radius 1 is 1.26 bits per heavy atom. The summed E-state index contributed by atoms with van der Waals surface area (Å²) in [5.74, 6) is -0.203. The Labute approximate surface area is 191 Å². The molecule has 160 valence electrons. The number of nitrogen functional groups attached to an aromatic ring is 2. The lowest BCUT2D eigenvalue weighted by Gasteiger charge is -2.20. The first-order valence-corrected chi connectivity index (χ1v) is 10.2. The molecule has 1 atom stereocenters. The van der Waals surface area contributed by atoms with Crippen LogP contribution in [-0.4, -0.2) is 29.7 Å². The first-order valence-electron chi connectivity index (χ1n) is 8.63. The molecule has 1 unspecified atom stereocenters. The topological polar surface area (TPSA) is 153 Å². The SMILES string of the molecule is CC(Nc1nc(N)nc(N)c1Cl)c1nc2c(Cl)cc(F)cc2c(=O)n1-c1n[nH]cc1Br. The summed E-state index contributed by atoms with van der Waals surface area (Å²) in [6, 6.07) is 1.47. The number of anilines is 3. The molecule has 0 amide bonds. The number of halogens is 4. The van der Waals surface area contributed by atoms with Crippen LogP contribution in [0.3, 0.4) is 0 Å². The van der Waals surface area contributed by atoms with E-state index < -0.39 is 17.4 Å². The van der Waals surface area contributed by atoms with E-state index in [0.717, 1.165) is 12.1 Å². The van der Waals surface area contributed by atoms with Gasteiger partial charge in [-0.15, -0.1) is 0 Å². The third kappa shape index (κ3) is 3.77. The lowest BCUT2D eigenvalue weighted by molar-refractivity contribution is 0.629. The third-order valence-corrected chi connectivity index (χ3v) is 5.58. The first-order chi connectivity index (χ1) is 14.7. The van der Waals surface area contributed by atoms with Crippen molar-refractivity contribution in [3.63, 3.8) is 0 Å². The molecule has 0 aliphatic carbocycles. The maximum absolute atomic E-state index is 13.9. The van der Waals surface area contributed by atoms with Crippen molar-refractivity contribution >= 4 is 67.6 Å². The van der Waals surface area contributed by atoms with Crippen LogP contribution in [0.5, 0.6) is 0 Å². The minimum absolute atomic E-state index is 0.00981. The van der Waals surface area contributed by atoms with Crippen molar-refractivity contribution in [1.82, 2.24) is 29.7 Å². The van der Waals surface area contributed by atoms with Crippen molar-refractivity contribution in [2.45, 2.75) is 13.0 Å². The number of nitrogens with one attached hydrogen (secondary N) is 2. The van der Waals surface area contributed by atoms with Gasteiger partial charge in [-0.2, -0.15) is 15.1 Å². The molecule has 1 aromatic carbocycles. The summed E-state index contributed by atoms with van der Waals surface area (Å²) in [6.45, 7) is 1.70. The van der Waals surface area contributed by atoms with Crippen molar-refractivity contribution in [3.8, 4) is 5.82 Å². The fraction of sp³-hybridized carbons (Fsp3) is 0.118. The van der Waals surface area contributed by atoms with Crippen LogP contribution in [0.25, 0.3) is 16.7 Å². The molecule has 0 spiro atoms. The number of fused-ring (bicyclic) bond motifs is 1. The monoisotopic (exact) mass is 527 g/mol. The van der Waals surface area contributed by atoms with Crippen LogP contribution < -0.4 is 22.3 Å². The van der Waals surface area contributed by atoms with Crippen LogP contribution in [0.2, 0.25) is 10.0 Å². The highest BCUT2D eigenvalue weighted by Crippen LogP contribution is 2.30. The molecule has 14 heteroatoms. The van der Waals surface area contributed by atoms with Crippen molar-refractivity contribution in [1.29, 1.82) is 0 Å². The summed E-state index contributed by atoms with van der Waals surface area (Å²) >= 11 is 15.7. The van der Waals surface area contributed by atoms with E-state index in [2.05, 4.69) is 46.4 Å². The molecule has 0 fully saturated rings. The average molecular weight is 529 g/mol. The van der Waals surface area contributed by atoms with E-state index in [1.165, 1.54) is 10.8 Å². The average Bonchev–Trinajstić information content (AvgIpc) is 3.11. The number of aromatic nitrogens is 6. The van der Waals surface area contributed by atoms with Gasteiger partial charge in [-0.25, -0.2) is 13.9 Å². The van der Waals surface area contributed by atoms with Crippen LogP contribution in [-0.2, 0) is 0 Å². The molecule has 4 rings (SSSR count). The van der Waals surface area contributed by atoms with Gasteiger partial charge in [0.05, 0.1) is 26.4 Å². The minimum Gasteiger partial charge on any atom is -0.382 e. The van der Waals surface area contributed by atoms with Crippen LogP contribution in [0.15, 0.2) is 27.6 Å². The number of nitrogens with zero attached hydrogens (tertiary/aromatic N) is 5. The molecule has 0 saturated heterocycles. The zero-order chi connectivity index (χ0) is 22.4. The van der Waals surface area contributed by atoms with E-state index in [-0.39, 0.29) is 50.2 Å². The summed E-state index contributed by atoms with van der Waals surface area (Å²) in [7, 11) is 0. The van der Waals surface area contributed by atoms with Crippen molar-refractivity contribution in [2.75, 3.05) is 16.8 Å². The number of H-pyrrole nitrogens is 1. The number of benzene rings is 1. The molecular formula is C17H13BrCl2FN9O. The highest BCUT2D eigenvalue weighted by atomic mass is 79.9. The molecular weight excluding hydrogens is 516 g/mol. The smallest absolute Gasteiger partial charge is 0.267 e. The maximum Gasteiger partial charge on any atom is 0.267 e. The van der Waals surface area contributed by atoms with Gasteiger partial charge >= 0.3 is 0 Å². The second kappa shape index (κ2) is 7.94. The molecule has 4 aromatic rings. The summed E-state index contributed by atoms with van der Waals surface area (Å²) in [4.78, 5) is 25.7. The van der Waals surface area contributed by atoms with Gasteiger partial charge in [0.2, 0.25) is 5.95 Å². The van der Waals surface area contributed by atoms with Crippen molar-refractivity contribution in [2.24, 2.45) is 0 Å². The molecule has 3 heterocycles. The van der Waals surface area contributed by atoms with Crippen LogP contribution in [0.1, 0.15) is 18.8 Å². The summed E-state index contributed by atoms with van der Waals surface area (Å²) in [5.41, 5.74) is 11.0. The predicted octanol–water partition coefficient (Wildman–Crippen LogP) is 3.44. The number of nitrogens with two attached hydrogens (primary N) is 2. The Morgan fingerprint density at radius 2 is 2.00 bits per heavy atom. The number of hydrogen-bond donors (Lipinski definition) is 4. The minimum atomic E-state index is -0.673. The third-order valence-electron chi connectivity index (χ3n) is 4.34. The van der Waals surface area contributed by atoms with Crippen LogP contribution in [0, 0.1) is 5.82 Å². The van der Waals surface area contributed by atoms with E-state index >= 15 is 0 Å². The van der Waals surface area contributed by atoms with Gasteiger partial charge in [-0.1, -0.05) is 23.2 Å². The predicted molar refractivity (Wildman–Crippen MR) is 120 cm³/mol. The molecule has 31 heavy (non-hydrogen) atoms. The van der Waals surface area contributed by atoms with E-state index in [9.17, 15) is 9.18 Å². The highest BCUT2D eigenvalue weighted by Gasteiger charge is 2.23. The lowest BCUT2D eigenvalue weighted by atomic mass is 10.2. The fourth-order valence-electron chi connectivity index (χ4n) is 3.00. The van der Waals surface area contributed by atoms with Crippen molar-refractivity contribution < 1.29 is 4.39 Å². The fourth-order valence-corrected chi connectivity index (χ4v) is 3.76. The molecule has 0 aliphatic heterocycles. The van der Waals surface area contributed by atoms with Gasteiger partial charge in [0, 0.05) is 6.20 Å². The second-order valence-corrected chi connectivity index (χ2v) is 8.09. The Hall–Kier alpha value is -2.96. The molecule has 10 nitrogen and oxygen atoms in total. The highest BCUT2D eigenvalue weighted by molar-refractivity contribution is 9.10. The van der Waals surface area contributed by atoms with E-state index in [1.54, 1.807) is 6.92 Å². The van der Waals surface area contributed by atoms with E-state index in [4.69, 9.17) is 34.7 Å². The van der Waals surface area contributed by atoms with E-state index in [0.29, 0.717) is 4.47 Å². The zero-order valence-electron chi connectivity index (χ0n) is 15.6. The summed E-state index contributed by atoms with van der Waals surface area (Å²) < 4.78 is 15.6. The molecule has 6 N–H and O–H groups in total.